The van der Waals surface area contributed by atoms with Crippen LogP contribution in [0.2, 0.25) is 0 Å². The molecule has 3 aromatic rings. The second-order valence-corrected chi connectivity index (χ2v) is 9.69. The van der Waals surface area contributed by atoms with E-state index in [0.717, 1.165) is 56.3 Å². The first-order chi connectivity index (χ1) is 18.7. The molecule has 0 aliphatic rings. The maximum absolute atomic E-state index is 4.84. The molecule has 0 amide bonds. The van der Waals surface area contributed by atoms with Crippen LogP contribution in [0.1, 0.15) is 38.8 Å². The number of anilines is 1. The van der Waals surface area contributed by atoms with Crippen LogP contribution in [-0.4, -0.2) is 25.7 Å². The van der Waals surface area contributed by atoms with Gasteiger partial charge in [0.1, 0.15) is 0 Å². The van der Waals surface area contributed by atoms with Gasteiger partial charge in [-0.2, -0.15) is 0 Å². The summed E-state index contributed by atoms with van der Waals surface area (Å²) in [5.41, 5.74) is 10.8. The van der Waals surface area contributed by atoms with E-state index in [1.807, 2.05) is 74.5 Å². The van der Waals surface area contributed by atoms with Crippen molar-refractivity contribution in [1.29, 1.82) is 0 Å². The molecule has 39 heavy (non-hydrogen) atoms. The van der Waals surface area contributed by atoms with Crippen LogP contribution in [0.4, 0.5) is 22.7 Å². The fourth-order valence-corrected chi connectivity index (χ4v) is 4.44. The van der Waals surface area contributed by atoms with Crippen molar-refractivity contribution in [1.82, 2.24) is 0 Å². The zero-order valence-corrected chi connectivity index (χ0v) is 23.6. The Morgan fingerprint density at radius 2 is 1.33 bits per heavy atom. The molecule has 198 valence electrons. The van der Waals surface area contributed by atoms with E-state index < -0.39 is 0 Å². The standard InChI is InChI=1S/C35H38N4/c1-25(2)31-16-10-12-18-33(31)38-29(6)28(5)22-26(3)21-27(4)23-39(35-20-14-13-19-34(35)37-8)24-30-15-9-11-17-32(30)36-7/h9-22H,1,5,7-8,23-24H2,2-4,6H3/b26-22-,27-21+,38-29?. The fraction of sp³-hybridized carbons (Fsp3) is 0.171. The van der Waals surface area contributed by atoms with Gasteiger partial charge in [-0.15, -0.1) is 0 Å². The summed E-state index contributed by atoms with van der Waals surface area (Å²) in [6, 6.07) is 24.2. The Kier molecular flexibility index (Phi) is 10.3. The minimum absolute atomic E-state index is 0.663. The third-order valence-corrected chi connectivity index (χ3v) is 6.35. The van der Waals surface area contributed by atoms with Crippen LogP contribution in [0.5, 0.6) is 0 Å². The summed E-state index contributed by atoms with van der Waals surface area (Å²) in [7, 11) is 0. The topological polar surface area (TPSA) is 40.3 Å². The van der Waals surface area contributed by atoms with E-state index in [4.69, 9.17) is 4.99 Å². The van der Waals surface area contributed by atoms with Gasteiger partial charge in [0.25, 0.3) is 0 Å². The average Bonchev–Trinajstić information content (AvgIpc) is 2.92. The Morgan fingerprint density at radius 3 is 2.00 bits per heavy atom. The molecule has 0 N–H and O–H groups in total. The highest BCUT2D eigenvalue weighted by atomic mass is 15.1. The number of benzene rings is 3. The summed E-state index contributed by atoms with van der Waals surface area (Å²) in [4.78, 5) is 15.6. The third-order valence-electron chi connectivity index (χ3n) is 6.35. The summed E-state index contributed by atoms with van der Waals surface area (Å²) >= 11 is 0. The van der Waals surface area contributed by atoms with Crippen molar-refractivity contribution >= 4 is 47.5 Å². The molecular formula is C35H38N4. The number of para-hydroxylation sites is 4. The van der Waals surface area contributed by atoms with Gasteiger partial charge >= 0.3 is 0 Å². The maximum atomic E-state index is 4.84. The summed E-state index contributed by atoms with van der Waals surface area (Å²) in [6.07, 6.45) is 4.27. The van der Waals surface area contributed by atoms with Crippen LogP contribution in [-0.2, 0) is 6.54 Å². The number of hydrogen-bond donors (Lipinski definition) is 0. The van der Waals surface area contributed by atoms with Gasteiger partial charge in [-0.3, -0.25) is 15.0 Å². The van der Waals surface area contributed by atoms with Gasteiger partial charge in [0.05, 0.1) is 22.7 Å². The van der Waals surface area contributed by atoms with Crippen molar-refractivity contribution in [3.8, 4) is 0 Å². The lowest BCUT2D eigenvalue weighted by Crippen LogP contribution is -2.25. The summed E-state index contributed by atoms with van der Waals surface area (Å²) in [5, 5.41) is 0. The third kappa shape index (κ3) is 7.96. The van der Waals surface area contributed by atoms with E-state index in [0.29, 0.717) is 13.1 Å². The molecule has 0 fully saturated rings. The van der Waals surface area contributed by atoms with Crippen molar-refractivity contribution in [2.45, 2.75) is 34.2 Å². The number of aliphatic imine (C=N–C) groups is 3. The lowest BCUT2D eigenvalue weighted by atomic mass is 10.1. The molecule has 0 bridgehead atoms. The minimum atomic E-state index is 0.663. The molecule has 4 nitrogen and oxygen atoms in total. The fourth-order valence-electron chi connectivity index (χ4n) is 4.44. The van der Waals surface area contributed by atoms with Crippen LogP contribution >= 0.6 is 0 Å². The molecule has 0 aliphatic carbocycles. The Labute approximate surface area is 233 Å². The van der Waals surface area contributed by atoms with Gasteiger partial charge in [-0.25, -0.2) is 0 Å². The van der Waals surface area contributed by atoms with E-state index in [2.05, 4.69) is 79.6 Å². The van der Waals surface area contributed by atoms with E-state index in [-0.39, 0.29) is 0 Å². The monoisotopic (exact) mass is 514 g/mol. The second-order valence-electron chi connectivity index (χ2n) is 9.69. The molecule has 3 aromatic carbocycles. The Bertz CT molecular complexity index is 1470. The number of nitrogens with zero attached hydrogens (tertiary/aromatic N) is 4. The molecular weight excluding hydrogens is 476 g/mol. The van der Waals surface area contributed by atoms with E-state index in [9.17, 15) is 0 Å². The molecule has 0 saturated heterocycles. The molecule has 0 unspecified atom stereocenters. The van der Waals surface area contributed by atoms with Crippen LogP contribution in [0.25, 0.3) is 5.57 Å². The molecule has 0 aromatic heterocycles. The Morgan fingerprint density at radius 1 is 0.744 bits per heavy atom. The van der Waals surface area contributed by atoms with E-state index >= 15 is 0 Å². The summed E-state index contributed by atoms with van der Waals surface area (Å²) in [5.74, 6) is 0. The smallest absolute Gasteiger partial charge is 0.0855 e. The lowest BCUT2D eigenvalue weighted by molar-refractivity contribution is 0.843. The predicted octanol–water partition coefficient (Wildman–Crippen LogP) is 9.63. The number of hydrogen-bond acceptors (Lipinski definition) is 4. The molecule has 0 saturated carbocycles. The minimum Gasteiger partial charge on any atom is -0.361 e. The molecule has 0 spiro atoms. The molecule has 0 heterocycles. The molecule has 3 rings (SSSR count). The first kappa shape index (κ1) is 29.0. The van der Waals surface area contributed by atoms with Crippen molar-refractivity contribution < 1.29 is 0 Å². The van der Waals surface area contributed by atoms with Gasteiger partial charge in [0.15, 0.2) is 0 Å². The quantitative estimate of drug-likeness (QED) is 0.175. The highest BCUT2D eigenvalue weighted by molar-refractivity contribution is 6.02. The summed E-state index contributed by atoms with van der Waals surface area (Å²) < 4.78 is 0. The van der Waals surface area contributed by atoms with Gasteiger partial charge < -0.3 is 4.90 Å². The zero-order valence-electron chi connectivity index (χ0n) is 23.6. The normalized spacial score (nSPS) is 12.2. The first-order valence-corrected chi connectivity index (χ1v) is 12.9. The maximum Gasteiger partial charge on any atom is 0.0855 e. The van der Waals surface area contributed by atoms with Gasteiger partial charge in [-0.05, 0) is 82.1 Å². The molecule has 0 atom stereocenters. The van der Waals surface area contributed by atoms with Crippen molar-refractivity contribution in [3.63, 3.8) is 0 Å². The van der Waals surface area contributed by atoms with Crippen molar-refractivity contribution in [2.24, 2.45) is 15.0 Å². The van der Waals surface area contributed by atoms with Crippen LogP contribution in [0.15, 0.2) is 130 Å². The highest BCUT2D eigenvalue weighted by Crippen LogP contribution is 2.32. The Balaban J connectivity index is 1.87. The first-order valence-electron chi connectivity index (χ1n) is 12.9. The predicted molar refractivity (Wildman–Crippen MR) is 173 cm³/mol. The van der Waals surface area contributed by atoms with Crippen molar-refractivity contribution in [2.75, 3.05) is 11.4 Å². The van der Waals surface area contributed by atoms with Gasteiger partial charge in [0, 0.05) is 24.4 Å². The largest absolute Gasteiger partial charge is 0.361 e. The van der Waals surface area contributed by atoms with E-state index in [1.54, 1.807) is 0 Å². The Hall–Kier alpha value is -4.57. The molecule has 4 heteroatoms. The summed E-state index contributed by atoms with van der Waals surface area (Å²) in [6.45, 7) is 25.5. The van der Waals surface area contributed by atoms with Crippen molar-refractivity contribution in [3.05, 3.63) is 126 Å². The molecule has 0 aliphatic heterocycles. The lowest BCUT2D eigenvalue weighted by Gasteiger charge is -2.27. The zero-order chi connectivity index (χ0) is 28.4. The van der Waals surface area contributed by atoms with Crippen LogP contribution in [0, 0.1) is 0 Å². The van der Waals surface area contributed by atoms with Crippen LogP contribution in [0.3, 0.4) is 0 Å². The van der Waals surface area contributed by atoms with E-state index in [1.165, 1.54) is 5.57 Å². The highest BCUT2D eigenvalue weighted by Gasteiger charge is 2.14. The molecule has 0 radical (unpaired) electrons. The van der Waals surface area contributed by atoms with Gasteiger partial charge in [0.2, 0.25) is 0 Å². The van der Waals surface area contributed by atoms with Gasteiger partial charge in [-0.1, -0.05) is 85.0 Å². The SMILES string of the molecule is C=Nc1ccccc1CN(C/C(C)=C/C(C)=C\C(=C)C(C)=Nc1ccccc1C(=C)C)c1ccccc1N=C. The second kappa shape index (κ2) is 13.8. The van der Waals surface area contributed by atoms with Crippen LogP contribution < -0.4 is 4.90 Å². The number of allylic oxidation sites excluding steroid dienone is 5. The number of rotatable bonds is 12. The average molecular weight is 515 g/mol.